The molecule has 1 aliphatic rings. The lowest BCUT2D eigenvalue weighted by molar-refractivity contribution is -0.0834. The molecule has 0 bridgehead atoms. The molecule has 1 aromatic heterocycles. The van der Waals surface area contributed by atoms with Crippen molar-refractivity contribution in [2.75, 3.05) is 13.7 Å². The molecule has 1 saturated carbocycles. The third-order valence-corrected chi connectivity index (χ3v) is 3.98. The topological polar surface area (TPSA) is 64.9 Å². The number of aryl methyl sites for hydroxylation is 1. The van der Waals surface area contributed by atoms with Crippen LogP contribution in [0.15, 0.2) is 0 Å². The molecule has 0 spiro atoms. The van der Waals surface area contributed by atoms with Gasteiger partial charge in [0, 0.05) is 19.6 Å². The van der Waals surface area contributed by atoms with E-state index in [2.05, 4.69) is 27.7 Å². The molecule has 1 atom stereocenters. The smallest absolute Gasteiger partial charge is 0.176 e. The Bertz CT molecular complexity index is 383. The molecule has 0 radical (unpaired) electrons. The van der Waals surface area contributed by atoms with Gasteiger partial charge in [0.1, 0.15) is 0 Å². The fraction of sp³-hybridized carbons (Fsp3) is 0.923. The normalized spacial score (nSPS) is 19.1. The van der Waals surface area contributed by atoms with E-state index in [1.165, 1.54) is 24.1 Å². The molecule has 1 fully saturated rings. The highest BCUT2D eigenvalue weighted by atomic mass is 16.5. The lowest BCUT2D eigenvalue weighted by atomic mass is 9.75. The van der Waals surface area contributed by atoms with Gasteiger partial charge >= 0.3 is 0 Å². The predicted octanol–water partition coefficient (Wildman–Crippen LogP) is 1.08. The van der Waals surface area contributed by atoms with Crippen LogP contribution in [0.1, 0.15) is 44.9 Å². The van der Waals surface area contributed by atoms with Gasteiger partial charge in [-0.1, -0.05) is 6.92 Å². The summed E-state index contributed by atoms with van der Waals surface area (Å²) < 4.78 is 5.73. The summed E-state index contributed by atoms with van der Waals surface area (Å²) >= 11 is 0. The summed E-state index contributed by atoms with van der Waals surface area (Å²) in [4.78, 5) is 1.52. The molecule has 6 heteroatoms. The fourth-order valence-electron chi connectivity index (χ4n) is 2.70. The Hall–Kier alpha value is -1.01. The molecule has 1 heterocycles. The molecule has 1 N–H and O–H groups in total. The van der Waals surface area contributed by atoms with E-state index in [4.69, 9.17) is 4.74 Å². The van der Waals surface area contributed by atoms with Crippen molar-refractivity contribution < 1.29 is 4.74 Å². The first-order chi connectivity index (χ1) is 9.17. The van der Waals surface area contributed by atoms with E-state index in [0.717, 1.165) is 31.6 Å². The van der Waals surface area contributed by atoms with Crippen LogP contribution in [0.3, 0.4) is 0 Å². The van der Waals surface area contributed by atoms with Crippen LogP contribution < -0.4 is 5.32 Å². The summed E-state index contributed by atoms with van der Waals surface area (Å²) in [6, 6.07) is 0.365. The number of tetrazole rings is 1. The van der Waals surface area contributed by atoms with Crippen molar-refractivity contribution in [3.8, 4) is 0 Å². The SMILES string of the molecule is CCCNC(Cc1nnn(C)n1)CC1(OC)CCC1. The molecule has 0 aromatic carbocycles. The van der Waals surface area contributed by atoms with Crippen molar-refractivity contribution in [1.29, 1.82) is 0 Å². The zero-order chi connectivity index (χ0) is 13.7. The quantitative estimate of drug-likeness (QED) is 0.763. The molecular weight excluding hydrogens is 242 g/mol. The Morgan fingerprint density at radius 2 is 2.26 bits per heavy atom. The van der Waals surface area contributed by atoms with E-state index in [1.54, 1.807) is 7.05 Å². The molecule has 19 heavy (non-hydrogen) atoms. The van der Waals surface area contributed by atoms with Crippen molar-refractivity contribution in [3.63, 3.8) is 0 Å². The summed E-state index contributed by atoms with van der Waals surface area (Å²) in [7, 11) is 3.63. The van der Waals surface area contributed by atoms with Gasteiger partial charge in [-0.15, -0.1) is 10.2 Å². The molecular formula is C13H25N5O. The summed E-state index contributed by atoms with van der Waals surface area (Å²) in [6.45, 7) is 3.20. The standard InChI is InChI=1S/C13H25N5O/c1-4-8-14-11(9-12-15-17-18(2)16-12)10-13(19-3)6-5-7-13/h11,14H,4-10H2,1-3H3. The highest BCUT2D eigenvalue weighted by Crippen LogP contribution is 2.39. The molecule has 1 unspecified atom stereocenters. The van der Waals surface area contributed by atoms with Crippen LogP contribution in [0.2, 0.25) is 0 Å². The molecule has 108 valence electrons. The molecule has 1 aromatic rings. The Balaban J connectivity index is 1.94. The minimum Gasteiger partial charge on any atom is -0.378 e. The maximum absolute atomic E-state index is 5.73. The van der Waals surface area contributed by atoms with E-state index in [0.29, 0.717) is 6.04 Å². The van der Waals surface area contributed by atoms with Crippen molar-refractivity contribution in [2.24, 2.45) is 7.05 Å². The van der Waals surface area contributed by atoms with Gasteiger partial charge < -0.3 is 10.1 Å². The first-order valence-electron chi connectivity index (χ1n) is 7.19. The van der Waals surface area contributed by atoms with E-state index in [9.17, 15) is 0 Å². The average Bonchev–Trinajstić information content (AvgIpc) is 2.76. The van der Waals surface area contributed by atoms with Crippen molar-refractivity contribution in [1.82, 2.24) is 25.5 Å². The predicted molar refractivity (Wildman–Crippen MR) is 72.8 cm³/mol. The number of nitrogens with zero attached hydrogens (tertiary/aromatic N) is 4. The molecule has 1 aliphatic carbocycles. The Kier molecular flexibility index (Phi) is 4.87. The van der Waals surface area contributed by atoms with Gasteiger partial charge in [0.2, 0.25) is 0 Å². The van der Waals surface area contributed by atoms with E-state index in [1.807, 2.05) is 7.11 Å². The van der Waals surface area contributed by atoms with Crippen LogP contribution >= 0.6 is 0 Å². The minimum absolute atomic E-state index is 0.0770. The lowest BCUT2D eigenvalue weighted by Gasteiger charge is -2.42. The van der Waals surface area contributed by atoms with Crippen molar-refractivity contribution in [2.45, 2.75) is 57.1 Å². The maximum Gasteiger partial charge on any atom is 0.176 e. The number of aromatic nitrogens is 4. The van der Waals surface area contributed by atoms with E-state index >= 15 is 0 Å². The van der Waals surface area contributed by atoms with Crippen LogP contribution in [0.5, 0.6) is 0 Å². The molecule has 2 rings (SSSR count). The van der Waals surface area contributed by atoms with E-state index in [-0.39, 0.29) is 5.60 Å². The number of rotatable bonds is 8. The van der Waals surface area contributed by atoms with Crippen molar-refractivity contribution in [3.05, 3.63) is 5.82 Å². The van der Waals surface area contributed by atoms with Gasteiger partial charge in [-0.25, -0.2) is 0 Å². The van der Waals surface area contributed by atoms with Gasteiger partial charge in [0.05, 0.1) is 12.6 Å². The van der Waals surface area contributed by atoms with Crippen LogP contribution in [0.4, 0.5) is 0 Å². The molecule has 0 saturated heterocycles. The van der Waals surface area contributed by atoms with Gasteiger partial charge in [-0.3, -0.25) is 0 Å². The third-order valence-electron chi connectivity index (χ3n) is 3.98. The number of hydrogen-bond donors (Lipinski definition) is 1. The van der Waals surface area contributed by atoms with Gasteiger partial charge in [-0.05, 0) is 43.9 Å². The second-order valence-corrected chi connectivity index (χ2v) is 5.50. The highest BCUT2D eigenvalue weighted by Gasteiger charge is 2.39. The average molecular weight is 267 g/mol. The Morgan fingerprint density at radius 1 is 1.47 bits per heavy atom. The number of ether oxygens (including phenoxy) is 1. The number of methoxy groups -OCH3 is 1. The number of nitrogens with one attached hydrogen (secondary N) is 1. The van der Waals surface area contributed by atoms with Crippen LogP contribution in [0.25, 0.3) is 0 Å². The summed E-state index contributed by atoms with van der Waals surface area (Å²) in [6.07, 6.45) is 6.59. The summed E-state index contributed by atoms with van der Waals surface area (Å²) in [5.41, 5.74) is 0.0770. The first-order valence-corrected chi connectivity index (χ1v) is 7.19. The van der Waals surface area contributed by atoms with Gasteiger partial charge in [-0.2, -0.15) is 4.80 Å². The van der Waals surface area contributed by atoms with Crippen LogP contribution in [0, 0.1) is 0 Å². The molecule has 6 nitrogen and oxygen atoms in total. The summed E-state index contributed by atoms with van der Waals surface area (Å²) in [5, 5.41) is 15.8. The fourth-order valence-corrected chi connectivity index (χ4v) is 2.70. The Morgan fingerprint density at radius 3 is 2.74 bits per heavy atom. The molecule has 0 amide bonds. The third kappa shape index (κ3) is 3.73. The summed E-state index contributed by atoms with van der Waals surface area (Å²) in [5.74, 6) is 0.807. The van der Waals surface area contributed by atoms with Gasteiger partial charge in [0.15, 0.2) is 5.82 Å². The first kappa shape index (κ1) is 14.4. The second-order valence-electron chi connectivity index (χ2n) is 5.50. The molecule has 0 aliphatic heterocycles. The minimum atomic E-state index is 0.0770. The zero-order valence-electron chi connectivity index (χ0n) is 12.2. The lowest BCUT2D eigenvalue weighted by Crippen LogP contribution is -2.46. The zero-order valence-corrected chi connectivity index (χ0v) is 12.2. The van der Waals surface area contributed by atoms with Crippen LogP contribution in [-0.4, -0.2) is 45.5 Å². The largest absolute Gasteiger partial charge is 0.378 e. The number of hydrogen-bond acceptors (Lipinski definition) is 5. The highest BCUT2D eigenvalue weighted by molar-refractivity contribution is 4.96. The Labute approximate surface area is 114 Å². The maximum atomic E-state index is 5.73. The second kappa shape index (κ2) is 6.43. The van der Waals surface area contributed by atoms with Crippen LogP contribution in [-0.2, 0) is 18.2 Å². The van der Waals surface area contributed by atoms with E-state index < -0.39 is 0 Å². The van der Waals surface area contributed by atoms with Gasteiger partial charge in [0.25, 0.3) is 0 Å². The monoisotopic (exact) mass is 267 g/mol. The van der Waals surface area contributed by atoms with Crippen molar-refractivity contribution >= 4 is 0 Å².